The van der Waals surface area contributed by atoms with Gasteiger partial charge in [0.05, 0.1) is 17.9 Å². The molecular formula is C19H24N4O4S. The number of benzene rings is 1. The van der Waals surface area contributed by atoms with Crippen LogP contribution in [0.15, 0.2) is 33.9 Å². The van der Waals surface area contributed by atoms with Crippen LogP contribution in [0.2, 0.25) is 0 Å². The van der Waals surface area contributed by atoms with Crippen LogP contribution in [0.1, 0.15) is 24.3 Å². The highest BCUT2D eigenvalue weighted by Crippen LogP contribution is 2.17. The largest absolute Gasteiger partial charge is 0.395 e. The summed E-state index contributed by atoms with van der Waals surface area (Å²) in [4.78, 5) is 23.8. The number of carbonyl (C=O) groups is 1. The molecule has 0 radical (unpaired) electrons. The van der Waals surface area contributed by atoms with Crippen molar-refractivity contribution >= 4 is 22.4 Å². The zero-order valence-corrected chi connectivity index (χ0v) is 16.9. The maximum atomic E-state index is 12.5. The molecule has 3 rings (SSSR count). The summed E-state index contributed by atoms with van der Waals surface area (Å²) in [6, 6.07) is 7.63. The second kappa shape index (κ2) is 9.59. The van der Waals surface area contributed by atoms with Crippen LogP contribution in [0.3, 0.4) is 0 Å². The molecule has 0 saturated carbocycles. The van der Waals surface area contributed by atoms with Crippen molar-refractivity contribution < 1.29 is 18.4 Å². The van der Waals surface area contributed by atoms with Gasteiger partial charge in [0, 0.05) is 55.5 Å². The smallest absolute Gasteiger partial charge is 0.227 e. The normalized spacial score (nSPS) is 15.4. The number of amides is 1. The highest BCUT2D eigenvalue weighted by atomic mass is 32.2. The first-order valence-corrected chi connectivity index (χ1v) is 10.9. The second-order valence-corrected chi connectivity index (χ2v) is 8.21. The van der Waals surface area contributed by atoms with Crippen molar-refractivity contribution in [3.8, 4) is 11.4 Å². The first-order valence-electron chi connectivity index (χ1n) is 9.16. The van der Waals surface area contributed by atoms with E-state index >= 15 is 0 Å². The predicted octanol–water partition coefficient (Wildman–Crippen LogP) is 1.96. The maximum absolute atomic E-state index is 12.5. The van der Waals surface area contributed by atoms with Crippen molar-refractivity contribution in [3.05, 3.63) is 35.7 Å². The van der Waals surface area contributed by atoms with Gasteiger partial charge in [0.1, 0.15) is 6.61 Å². The van der Waals surface area contributed by atoms with E-state index in [2.05, 4.69) is 15.3 Å². The minimum Gasteiger partial charge on any atom is -0.395 e. The Morgan fingerprint density at radius 3 is 2.61 bits per heavy atom. The number of likely N-dealkylation sites (tertiary alicyclic amines) is 1. The number of aryl methyl sites for hydroxylation is 1. The summed E-state index contributed by atoms with van der Waals surface area (Å²) in [5.41, 5.74) is 2.76. The summed E-state index contributed by atoms with van der Waals surface area (Å²) in [6.45, 7) is 3.38. The Kier molecular flexibility index (Phi) is 6.91. The highest BCUT2D eigenvalue weighted by Gasteiger charge is 2.20. The molecular weight excluding hydrogens is 380 g/mol. The Balaban J connectivity index is 1.46. The zero-order chi connectivity index (χ0) is 19.9. The molecule has 0 aliphatic carbocycles. The molecule has 1 atom stereocenters. The molecule has 150 valence electrons. The van der Waals surface area contributed by atoms with Gasteiger partial charge in [0.2, 0.25) is 17.6 Å². The Bertz CT molecular complexity index is 853. The van der Waals surface area contributed by atoms with Crippen LogP contribution in [0.25, 0.3) is 11.4 Å². The lowest BCUT2D eigenvalue weighted by Gasteiger charge is -2.27. The van der Waals surface area contributed by atoms with Gasteiger partial charge in [-0.2, -0.15) is 4.98 Å². The molecule has 1 aliphatic rings. The summed E-state index contributed by atoms with van der Waals surface area (Å²) >= 11 is 0. The fourth-order valence-electron chi connectivity index (χ4n) is 2.87. The summed E-state index contributed by atoms with van der Waals surface area (Å²) in [7, 11) is -0.874. The van der Waals surface area contributed by atoms with E-state index in [1.165, 1.54) is 0 Å². The van der Waals surface area contributed by atoms with Crippen molar-refractivity contribution in [2.24, 2.45) is 5.16 Å². The number of aromatic nitrogens is 2. The van der Waals surface area contributed by atoms with Crippen LogP contribution < -0.4 is 0 Å². The lowest BCUT2D eigenvalue weighted by molar-refractivity contribution is -0.130. The minimum absolute atomic E-state index is 0.101. The lowest BCUT2D eigenvalue weighted by atomic mass is 10.1. The van der Waals surface area contributed by atoms with E-state index in [0.717, 1.165) is 16.8 Å². The quantitative estimate of drug-likeness (QED) is 0.517. The number of hydrogen-bond acceptors (Lipinski definition) is 7. The van der Waals surface area contributed by atoms with Crippen LogP contribution in [-0.2, 0) is 26.9 Å². The number of piperidine rings is 1. The first kappa shape index (κ1) is 20.2. The highest BCUT2D eigenvalue weighted by molar-refractivity contribution is 7.84. The van der Waals surface area contributed by atoms with Crippen molar-refractivity contribution in [3.63, 3.8) is 0 Å². The lowest BCUT2D eigenvalue weighted by Crippen LogP contribution is -2.39. The second-order valence-electron chi connectivity index (χ2n) is 6.66. The average molecular weight is 404 g/mol. The fourth-order valence-corrected chi connectivity index (χ4v) is 3.18. The predicted molar refractivity (Wildman–Crippen MR) is 106 cm³/mol. The Hall–Kier alpha value is -2.55. The van der Waals surface area contributed by atoms with Gasteiger partial charge in [0.15, 0.2) is 0 Å². The molecule has 1 aliphatic heterocycles. The van der Waals surface area contributed by atoms with Crippen LogP contribution >= 0.6 is 0 Å². The van der Waals surface area contributed by atoms with Crippen LogP contribution in [-0.4, -0.2) is 62.6 Å². The molecule has 0 N–H and O–H groups in total. The standard InChI is InChI=1S/C19H24N4O4S/c1-14-20-19(22-27-14)16-5-3-15(4-6-16)13-18(24)23-9-7-17(8-10-23)21-26-11-12-28(2)25/h3-6H,7-13H2,1-2H3. The van der Waals surface area contributed by atoms with E-state index in [1.54, 1.807) is 13.2 Å². The topological polar surface area (TPSA) is 97.9 Å². The molecule has 0 bridgehead atoms. The minimum atomic E-state index is -0.874. The van der Waals surface area contributed by atoms with Gasteiger partial charge in [-0.15, -0.1) is 0 Å². The molecule has 8 nitrogen and oxygen atoms in total. The Morgan fingerprint density at radius 2 is 2.00 bits per heavy atom. The number of rotatable bonds is 7. The molecule has 1 aromatic heterocycles. The van der Waals surface area contributed by atoms with Gasteiger partial charge in [-0.3, -0.25) is 9.00 Å². The molecule has 1 saturated heterocycles. The molecule has 0 spiro atoms. The number of carbonyl (C=O) groups excluding carboxylic acids is 1. The zero-order valence-electron chi connectivity index (χ0n) is 16.1. The van der Waals surface area contributed by atoms with E-state index in [4.69, 9.17) is 9.36 Å². The summed E-state index contributed by atoms with van der Waals surface area (Å²) in [5.74, 6) is 1.65. The molecule has 1 unspecified atom stereocenters. The molecule has 1 aromatic carbocycles. The summed E-state index contributed by atoms with van der Waals surface area (Å²) in [5, 5.41) is 7.99. The number of oxime groups is 1. The van der Waals surface area contributed by atoms with Gasteiger partial charge in [0.25, 0.3) is 0 Å². The number of hydrogen-bond donors (Lipinski definition) is 0. The Morgan fingerprint density at radius 1 is 1.29 bits per heavy atom. The van der Waals surface area contributed by atoms with Gasteiger partial charge >= 0.3 is 0 Å². The van der Waals surface area contributed by atoms with Crippen molar-refractivity contribution in [1.29, 1.82) is 0 Å². The average Bonchev–Trinajstić information content (AvgIpc) is 3.12. The third-order valence-electron chi connectivity index (χ3n) is 4.44. The molecule has 28 heavy (non-hydrogen) atoms. The SMILES string of the molecule is Cc1nc(-c2ccc(CC(=O)N3CCC(=NOCCS(C)=O)CC3)cc2)no1. The molecule has 2 aromatic rings. The first-order chi connectivity index (χ1) is 13.5. The molecule has 1 fully saturated rings. The van der Waals surface area contributed by atoms with E-state index in [-0.39, 0.29) is 5.91 Å². The van der Waals surface area contributed by atoms with Crippen LogP contribution in [0.4, 0.5) is 0 Å². The van der Waals surface area contributed by atoms with Gasteiger partial charge < -0.3 is 14.3 Å². The third-order valence-corrected chi connectivity index (χ3v) is 5.19. The van der Waals surface area contributed by atoms with E-state index in [0.29, 0.717) is 56.4 Å². The maximum Gasteiger partial charge on any atom is 0.227 e. The van der Waals surface area contributed by atoms with Crippen LogP contribution in [0.5, 0.6) is 0 Å². The van der Waals surface area contributed by atoms with Crippen LogP contribution in [0, 0.1) is 6.92 Å². The van der Waals surface area contributed by atoms with E-state index in [1.807, 2.05) is 29.2 Å². The monoisotopic (exact) mass is 404 g/mol. The van der Waals surface area contributed by atoms with Crippen molar-refractivity contribution in [2.45, 2.75) is 26.2 Å². The van der Waals surface area contributed by atoms with Crippen molar-refractivity contribution in [1.82, 2.24) is 15.0 Å². The fraction of sp³-hybridized carbons (Fsp3) is 0.474. The molecule has 2 heterocycles. The number of nitrogens with zero attached hydrogens (tertiary/aromatic N) is 4. The Labute approximate surface area is 166 Å². The van der Waals surface area contributed by atoms with E-state index < -0.39 is 10.8 Å². The molecule has 9 heteroatoms. The third kappa shape index (κ3) is 5.72. The van der Waals surface area contributed by atoms with E-state index in [9.17, 15) is 9.00 Å². The molecule has 1 amide bonds. The summed E-state index contributed by atoms with van der Waals surface area (Å²) < 4.78 is 16.0. The van der Waals surface area contributed by atoms with Crippen molar-refractivity contribution in [2.75, 3.05) is 31.7 Å². The van der Waals surface area contributed by atoms with Gasteiger partial charge in [-0.1, -0.05) is 34.6 Å². The van der Waals surface area contributed by atoms with Gasteiger partial charge in [-0.25, -0.2) is 0 Å². The summed E-state index contributed by atoms with van der Waals surface area (Å²) in [6.07, 6.45) is 3.41. The van der Waals surface area contributed by atoms with Gasteiger partial charge in [-0.05, 0) is 5.56 Å².